The summed E-state index contributed by atoms with van der Waals surface area (Å²) in [6, 6.07) is 0. The van der Waals surface area contributed by atoms with Gasteiger partial charge in [0.25, 0.3) is 0 Å². The van der Waals surface area contributed by atoms with Crippen LogP contribution in [-0.4, -0.2) is 23.7 Å². The van der Waals surface area contributed by atoms with Crippen LogP contribution in [0.2, 0.25) is 0 Å². The summed E-state index contributed by atoms with van der Waals surface area (Å²) in [6.45, 7) is 2.49. The van der Waals surface area contributed by atoms with E-state index in [1.54, 1.807) is 0 Å². The standard InChI is InChI=1S/C5H10N2/c6-5-1-3-7(5)4-2-5/h1-4,6H2. The highest BCUT2D eigenvalue weighted by Gasteiger charge is 2.48. The fraction of sp³-hybridized carbons (Fsp3) is 1.00. The summed E-state index contributed by atoms with van der Waals surface area (Å²) in [5.41, 5.74) is 5.97. The van der Waals surface area contributed by atoms with E-state index in [1.807, 2.05) is 0 Å². The highest BCUT2D eigenvalue weighted by molar-refractivity contribution is 5.02. The van der Waals surface area contributed by atoms with Crippen molar-refractivity contribution in [1.29, 1.82) is 0 Å². The van der Waals surface area contributed by atoms with E-state index in [0.29, 0.717) is 0 Å². The van der Waals surface area contributed by atoms with Crippen molar-refractivity contribution in [3.05, 3.63) is 0 Å². The molecule has 2 N–H and O–H groups in total. The Hall–Kier alpha value is -0.0800. The summed E-state index contributed by atoms with van der Waals surface area (Å²) in [4.78, 5) is 2.33. The lowest BCUT2D eigenvalue weighted by Gasteiger charge is -2.59. The van der Waals surface area contributed by atoms with Crippen LogP contribution in [0.25, 0.3) is 0 Å². The molecule has 2 heterocycles. The van der Waals surface area contributed by atoms with Gasteiger partial charge in [-0.25, -0.2) is 0 Å². The summed E-state index contributed by atoms with van der Waals surface area (Å²) >= 11 is 0. The molecule has 0 aromatic heterocycles. The maximum absolute atomic E-state index is 5.78. The van der Waals surface area contributed by atoms with E-state index in [1.165, 1.54) is 25.9 Å². The fourth-order valence-corrected chi connectivity index (χ4v) is 1.35. The molecule has 0 amide bonds. The Morgan fingerprint density at radius 3 is 1.71 bits per heavy atom. The zero-order chi connectivity index (χ0) is 4.91. The topological polar surface area (TPSA) is 29.3 Å². The van der Waals surface area contributed by atoms with E-state index in [0.717, 1.165) is 0 Å². The molecule has 2 aliphatic rings. The van der Waals surface area contributed by atoms with Gasteiger partial charge >= 0.3 is 0 Å². The smallest absolute Gasteiger partial charge is 0.0711 e. The van der Waals surface area contributed by atoms with E-state index < -0.39 is 0 Å². The first-order valence-corrected chi connectivity index (χ1v) is 2.85. The zero-order valence-electron chi connectivity index (χ0n) is 4.35. The lowest BCUT2D eigenvalue weighted by Crippen LogP contribution is -2.74. The predicted molar refractivity (Wildman–Crippen MR) is 27.7 cm³/mol. The summed E-state index contributed by atoms with van der Waals surface area (Å²) < 4.78 is 0. The third-order valence-corrected chi connectivity index (χ3v) is 2.26. The molecular formula is C5H10N2. The van der Waals surface area contributed by atoms with E-state index in [9.17, 15) is 0 Å². The van der Waals surface area contributed by atoms with Gasteiger partial charge in [-0.05, 0) is 12.8 Å². The number of piperidine rings is 1. The lowest BCUT2D eigenvalue weighted by molar-refractivity contribution is -0.0992. The number of nitrogens with zero attached hydrogens (tertiary/aromatic N) is 1. The van der Waals surface area contributed by atoms with E-state index >= 15 is 0 Å². The minimum atomic E-state index is 0.194. The van der Waals surface area contributed by atoms with Gasteiger partial charge in [-0.1, -0.05) is 0 Å². The molecule has 2 fully saturated rings. The van der Waals surface area contributed by atoms with Gasteiger partial charge in [-0.2, -0.15) is 0 Å². The van der Waals surface area contributed by atoms with E-state index in [-0.39, 0.29) is 5.66 Å². The molecule has 0 atom stereocenters. The number of fused-ring (bicyclic) bond motifs is 1. The molecule has 2 nitrogen and oxygen atoms in total. The molecule has 0 spiro atoms. The minimum Gasteiger partial charge on any atom is -0.313 e. The molecule has 2 saturated heterocycles. The highest BCUT2D eigenvalue weighted by atomic mass is 15.4. The van der Waals surface area contributed by atoms with Crippen LogP contribution < -0.4 is 5.73 Å². The van der Waals surface area contributed by atoms with Gasteiger partial charge in [0.2, 0.25) is 0 Å². The fourth-order valence-electron chi connectivity index (χ4n) is 1.35. The first kappa shape index (κ1) is 3.87. The summed E-state index contributed by atoms with van der Waals surface area (Å²) in [5.74, 6) is 0. The molecule has 0 bridgehead atoms. The third kappa shape index (κ3) is 0.283. The quantitative estimate of drug-likeness (QED) is 0.452. The first-order chi connectivity index (χ1) is 3.31. The Kier molecular flexibility index (Phi) is 0.474. The molecule has 7 heavy (non-hydrogen) atoms. The Morgan fingerprint density at radius 2 is 1.71 bits per heavy atom. The van der Waals surface area contributed by atoms with Gasteiger partial charge in [0.1, 0.15) is 0 Å². The lowest BCUT2D eigenvalue weighted by atomic mass is 9.83. The number of hydrogen-bond acceptors (Lipinski definition) is 2. The van der Waals surface area contributed by atoms with Crippen LogP contribution in [0.1, 0.15) is 12.8 Å². The van der Waals surface area contributed by atoms with Gasteiger partial charge in [0.15, 0.2) is 0 Å². The molecule has 2 heteroatoms. The maximum Gasteiger partial charge on any atom is 0.0711 e. The van der Waals surface area contributed by atoms with Crippen LogP contribution >= 0.6 is 0 Å². The summed E-state index contributed by atoms with van der Waals surface area (Å²) in [5, 5.41) is 0. The highest BCUT2D eigenvalue weighted by Crippen LogP contribution is 2.36. The van der Waals surface area contributed by atoms with Gasteiger partial charge in [-0.15, -0.1) is 0 Å². The van der Waals surface area contributed by atoms with Gasteiger partial charge in [0.05, 0.1) is 5.66 Å². The molecular weight excluding hydrogens is 88.1 g/mol. The number of rotatable bonds is 0. The second-order valence-corrected chi connectivity index (χ2v) is 2.59. The monoisotopic (exact) mass is 98.1 g/mol. The van der Waals surface area contributed by atoms with Crippen LogP contribution in [0.5, 0.6) is 0 Å². The Balaban J connectivity index is 2.12. The number of nitrogens with two attached hydrogens (primary N) is 1. The molecule has 0 aromatic rings. The number of hydrogen-bond donors (Lipinski definition) is 1. The van der Waals surface area contributed by atoms with Crippen LogP contribution in [0.4, 0.5) is 0 Å². The minimum absolute atomic E-state index is 0.194. The van der Waals surface area contributed by atoms with Crippen LogP contribution in [0, 0.1) is 0 Å². The second-order valence-electron chi connectivity index (χ2n) is 2.59. The Bertz CT molecular complexity index is 92.3. The van der Waals surface area contributed by atoms with Crippen LogP contribution in [0.15, 0.2) is 0 Å². The largest absolute Gasteiger partial charge is 0.313 e. The molecule has 0 radical (unpaired) electrons. The average molecular weight is 98.1 g/mol. The molecule has 2 aliphatic heterocycles. The Labute approximate surface area is 43.3 Å². The van der Waals surface area contributed by atoms with Crippen LogP contribution in [-0.2, 0) is 0 Å². The molecule has 40 valence electrons. The maximum atomic E-state index is 5.78. The van der Waals surface area contributed by atoms with Gasteiger partial charge in [-0.3, -0.25) is 4.90 Å². The van der Waals surface area contributed by atoms with Crippen molar-refractivity contribution >= 4 is 0 Å². The average Bonchev–Trinajstić information content (AvgIpc) is 1.67. The van der Waals surface area contributed by atoms with E-state index in [4.69, 9.17) is 5.73 Å². The summed E-state index contributed by atoms with van der Waals surface area (Å²) in [6.07, 6.45) is 2.46. The van der Waals surface area contributed by atoms with Crippen LogP contribution in [0.3, 0.4) is 0 Å². The zero-order valence-corrected chi connectivity index (χ0v) is 4.35. The van der Waals surface area contributed by atoms with Crippen molar-refractivity contribution < 1.29 is 0 Å². The van der Waals surface area contributed by atoms with E-state index in [2.05, 4.69) is 4.90 Å². The van der Waals surface area contributed by atoms with Gasteiger partial charge < -0.3 is 5.73 Å². The molecule has 0 unspecified atom stereocenters. The summed E-state index contributed by atoms with van der Waals surface area (Å²) in [7, 11) is 0. The Morgan fingerprint density at radius 1 is 1.29 bits per heavy atom. The normalized spacial score (nSPS) is 35.6. The third-order valence-electron chi connectivity index (χ3n) is 2.26. The molecule has 0 aliphatic carbocycles. The van der Waals surface area contributed by atoms with Crippen molar-refractivity contribution in [2.45, 2.75) is 18.5 Å². The second kappa shape index (κ2) is 0.858. The van der Waals surface area contributed by atoms with Crippen molar-refractivity contribution in [3.63, 3.8) is 0 Å². The van der Waals surface area contributed by atoms with Crippen molar-refractivity contribution in [3.8, 4) is 0 Å². The molecule has 0 aromatic carbocycles. The van der Waals surface area contributed by atoms with Crippen molar-refractivity contribution in [2.75, 3.05) is 13.1 Å². The molecule has 0 saturated carbocycles. The predicted octanol–water partition coefficient (Wildman–Crippen LogP) is -0.249. The van der Waals surface area contributed by atoms with Gasteiger partial charge in [0, 0.05) is 13.1 Å². The SMILES string of the molecule is NC12CCN1CC2. The van der Waals surface area contributed by atoms with Crippen molar-refractivity contribution in [2.24, 2.45) is 5.73 Å². The first-order valence-electron chi connectivity index (χ1n) is 2.85. The van der Waals surface area contributed by atoms with Crippen molar-refractivity contribution in [1.82, 2.24) is 4.90 Å². The molecule has 2 rings (SSSR count).